The molecule has 1 amide bonds. The summed E-state index contributed by atoms with van der Waals surface area (Å²) in [6.45, 7) is 1.81. The van der Waals surface area contributed by atoms with Gasteiger partial charge in [-0.1, -0.05) is 0 Å². The van der Waals surface area contributed by atoms with Gasteiger partial charge in [0.25, 0.3) is 5.91 Å². The topological polar surface area (TPSA) is 71.8 Å². The van der Waals surface area contributed by atoms with Gasteiger partial charge in [0.1, 0.15) is 5.82 Å². The number of rotatable bonds is 3. The monoisotopic (exact) mass is 339 g/mol. The number of carbonyl (C=O) groups excluding carboxylic acids is 1. The zero-order chi connectivity index (χ0) is 17.2. The Morgan fingerprint density at radius 2 is 2.12 bits per heavy atom. The van der Waals surface area contributed by atoms with Gasteiger partial charge < -0.3 is 9.88 Å². The van der Waals surface area contributed by atoms with E-state index in [0.29, 0.717) is 17.0 Å². The van der Waals surface area contributed by atoms with E-state index in [1.807, 2.05) is 4.57 Å². The molecule has 1 aliphatic heterocycles. The Hall–Kier alpha value is -2.80. The van der Waals surface area contributed by atoms with Crippen molar-refractivity contribution >= 4 is 22.9 Å². The molecule has 0 atom stereocenters. The third-order valence-corrected chi connectivity index (χ3v) is 4.47. The van der Waals surface area contributed by atoms with E-state index in [-0.39, 0.29) is 17.8 Å². The third kappa shape index (κ3) is 3.10. The van der Waals surface area contributed by atoms with Crippen LogP contribution in [0.5, 0.6) is 0 Å². The molecule has 25 heavy (non-hydrogen) atoms. The highest BCUT2D eigenvalue weighted by Crippen LogP contribution is 2.30. The number of hydrogen-bond acceptors (Lipinski definition) is 4. The molecule has 1 aromatic carbocycles. The lowest BCUT2D eigenvalue weighted by molar-refractivity contribution is 0.102. The van der Waals surface area contributed by atoms with Gasteiger partial charge in [0.05, 0.1) is 16.6 Å². The first kappa shape index (κ1) is 15.7. The van der Waals surface area contributed by atoms with E-state index in [0.717, 1.165) is 31.4 Å². The first-order valence-electron chi connectivity index (χ1n) is 8.32. The Kier molecular flexibility index (Phi) is 4.15. The fourth-order valence-electron chi connectivity index (χ4n) is 3.27. The zero-order valence-electron chi connectivity index (χ0n) is 13.6. The van der Waals surface area contributed by atoms with Crippen LogP contribution in [0.2, 0.25) is 0 Å². The Morgan fingerprint density at radius 1 is 1.28 bits per heavy atom. The summed E-state index contributed by atoms with van der Waals surface area (Å²) in [5.41, 5.74) is 1.83. The van der Waals surface area contributed by atoms with Crippen molar-refractivity contribution in [1.82, 2.24) is 19.9 Å². The largest absolute Gasteiger partial charge is 0.317 e. The molecule has 0 bridgehead atoms. The van der Waals surface area contributed by atoms with Crippen molar-refractivity contribution in [2.45, 2.75) is 18.9 Å². The summed E-state index contributed by atoms with van der Waals surface area (Å²) in [5, 5.41) is 6.19. The van der Waals surface area contributed by atoms with Crippen LogP contribution in [0, 0.1) is 5.82 Å². The van der Waals surface area contributed by atoms with Crippen molar-refractivity contribution in [2.24, 2.45) is 0 Å². The van der Waals surface area contributed by atoms with Crippen LogP contribution in [0.1, 0.15) is 29.2 Å². The number of nitrogens with zero attached hydrogens (tertiary/aromatic N) is 3. The van der Waals surface area contributed by atoms with Gasteiger partial charge in [0, 0.05) is 24.5 Å². The van der Waals surface area contributed by atoms with E-state index in [9.17, 15) is 9.18 Å². The highest BCUT2D eigenvalue weighted by Gasteiger charge is 2.23. The summed E-state index contributed by atoms with van der Waals surface area (Å²) in [6.07, 6.45) is 4.98. The van der Waals surface area contributed by atoms with Crippen LogP contribution in [-0.2, 0) is 0 Å². The third-order valence-electron chi connectivity index (χ3n) is 4.47. The number of fused-ring (bicyclic) bond motifs is 1. The predicted molar refractivity (Wildman–Crippen MR) is 93.0 cm³/mol. The van der Waals surface area contributed by atoms with Gasteiger partial charge in [-0.3, -0.25) is 15.1 Å². The zero-order valence-corrected chi connectivity index (χ0v) is 13.6. The lowest BCUT2D eigenvalue weighted by Gasteiger charge is -2.26. The quantitative estimate of drug-likeness (QED) is 0.770. The van der Waals surface area contributed by atoms with Crippen LogP contribution < -0.4 is 10.6 Å². The molecule has 0 unspecified atom stereocenters. The van der Waals surface area contributed by atoms with Crippen molar-refractivity contribution in [3.05, 3.63) is 54.1 Å². The van der Waals surface area contributed by atoms with E-state index in [1.165, 1.54) is 18.3 Å². The summed E-state index contributed by atoms with van der Waals surface area (Å²) in [5.74, 6) is -0.173. The van der Waals surface area contributed by atoms with E-state index < -0.39 is 0 Å². The molecular formula is C18H18FN5O. The van der Waals surface area contributed by atoms with Crippen LogP contribution in [0.3, 0.4) is 0 Å². The number of amides is 1. The molecule has 7 heteroatoms. The van der Waals surface area contributed by atoms with E-state index in [4.69, 9.17) is 0 Å². The lowest BCUT2D eigenvalue weighted by atomic mass is 10.1. The van der Waals surface area contributed by atoms with E-state index in [2.05, 4.69) is 20.6 Å². The smallest absolute Gasteiger partial charge is 0.259 e. The minimum absolute atomic E-state index is 0.209. The highest BCUT2D eigenvalue weighted by molar-refractivity contribution is 6.03. The fraction of sp³-hybridized carbons (Fsp3) is 0.278. The molecule has 0 radical (unpaired) electrons. The molecule has 1 saturated heterocycles. The molecule has 2 aromatic heterocycles. The van der Waals surface area contributed by atoms with E-state index in [1.54, 1.807) is 24.4 Å². The second kappa shape index (κ2) is 6.60. The highest BCUT2D eigenvalue weighted by atomic mass is 19.1. The molecule has 3 heterocycles. The summed E-state index contributed by atoms with van der Waals surface area (Å²) in [6, 6.07) is 8.15. The lowest BCUT2D eigenvalue weighted by Crippen LogP contribution is -2.30. The van der Waals surface area contributed by atoms with Gasteiger partial charge in [0.2, 0.25) is 5.95 Å². The predicted octanol–water partition coefficient (Wildman–Crippen LogP) is 2.75. The number of benzene rings is 1. The molecule has 1 aliphatic rings. The van der Waals surface area contributed by atoms with Crippen molar-refractivity contribution < 1.29 is 9.18 Å². The molecule has 3 aromatic rings. The summed E-state index contributed by atoms with van der Waals surface area (Å²) in [7, 11) is 0. The normalized spacial score (nSPS) is 15.4. The van der Waals surface area contributed by atoms with Gasteiger partial charge in [-0.05, 0) is 50.2 Å². The number of carbonyl (C=O) groups is 1. The van der Waals surface area contributed by atoms with Crippen LogP contribution in [0.15, 0.2) is 42.7 Å². The number of piperidine rings is 1. The van der Waals surface area contributed by atoms with Crippen LogP contribution in [-0.4, -0.2) is 33.5 Å². The Labute approximate surface area is 144 Å². The fourth-order valence-corrected chi connectivity index (χ4v) is 3.27. The van der Waals surface area contributed by atoms with Gasteiger partial charge in [-0.15, -0.1) is 0 Å². The Balaban J connectivity index is 1.75. The Morgan fingerprint density at radius 3 is 2.88 bits per heavy atom. The van der Waals surface area contributed by atoms with Crippen molar-refractivity contribution in [3.63, 3.8) is 0 Å². The molecule has 0 spiro atoms. The minimum Gasteiger partial charge on any atom is -0.317 e. The molecule has 0 saturated carbocycles. The minimum atomic E-state index is -0.340. The maximum absolute atomic E-state index is 13.6. The number of imidazole rings is 1. The Bertz CT molecular complexity index is 902. The van der Waals surface area contributed by atoms with Crippen LogP contribution >= 0.6 is 0 Å². The first-order valence-corrected chi connectivity index (χ1v) is 8.32. The van der Waals surface area contributed by atoms with Crippen LogP contribution in [0.4, 0.5) is 10.3 Å². The number of aromatic nitrogens is 3. The molecular weight excluding hydrogens is 321 g/mol. The molecule has 4 rings (SSSR count). The number of hydrogen-bond donors (Lipinski definition) is 2. The first-order chi connectivity index (χ1) is 12.2. The second-order valence-electron chi connectivity index (χ2n) is 6.12. The average Bonchev–Trinajstić information content (AvgIpc) is 3.00. The average molecular weight is 339 g/mol. The second-order valence-corrected chi connectivity index (χ2v) is 6.12. The van der Waals surface area contributed by atoms with Crippen LogP contribution in [0.25, 0.3) is 11.0 Å². The maximum atomic E-state index is 13.6. The number of pyridine rings is 1. The summed E-state index contributed by atoms with van der Waals surface area (Å²) >= 11 is 0. The molecule has 2 N–H and O–H groups in total. The standard InChI is InChI=1S/C18H18FN5O/c19-13-3-4-16-15(10-13)22-18(24(16)14-5-8-20-9-6-14)23-17(25)12-2-1-7-21-11-12/h1-4,7,10-11,14,20H,5-6,8-9H2,(H,22,23,25). The summed E-state index contributed by atoms with van der Waals surface area (Å²) in [4.78, 5) is 20.9. The molecule has 128 valence electrons. The summed E-state index contributed by atoms with van der Waals surface area (Å²) < 4.78 is 15.6. The van der Waals surface area contributed by atoms with Crippen molar-refractivity contribution in [2.75, 3.05) is 18.4 Å². The molecule has 0 aliphatic carbocycles. The number of halogens is 1. The van der Waals surface area contributed by atoms with Gasteiger partial charge in [0.15, 0.2) is 0 Å². The van der Waals surface area contributed by atoms with Gasteiger partial charge in [-0.2, -0.15) is 0 Å². The molecule has 6 nitrogen and oxygen atoms in total. The van der Waals surface area contributed by atoms with Gasteiger partial charge >= 0.3 is 0 Å². The SMILES string of the molecule is O=C(Nc1nc2cc(F)ccc2n1C1CCNCC1)c1cccnc1. The van der Waals surface area contributed by atoms with Gasteiger partial charge in [-0.25, -0.2) is 9.37 Å². The van der Waals surface area contributed by atoms with E-state index >= 15 is 0 Å². The van der Waals surface area contributed by atoms with Crippen molar-refractivity contribution in [1.29, 1.82) is 0 Å². The maximum Gasteiger partial charge on any atom is 0.259 e. The number of anilines is 1. The number of nitrogens with one attached hydrogen (secondary N) is 2. The van der Waals surface area contributed by atoms with Crippen molar-refractivity contribution in [3.8, 4) is 0 Å². The molecule has 1 fully saturated rings.